The van der Waals surface area contributed by atoms with Gasteiger partial charge in [-0.25, -0.2) is 4.98 Å². The van der Waals surface area contributed by atoms with Gasteiger partial charge < -0.3 is 20.4 Å². The van der Waals surface area contributed by atoms with Crippen molar-refractivity contribution in [2.45, 2.75) is 30.9 Å². The number of ether oxygens (including phenoxy) is 1. The van der Waals surface area contributed by atoms with Gasteiger partial charge >= 0.3 is 23.9 Å². The molecule has 18 heteroatoms. The number of imidazole rings is 1. The summed E-state index contributed by atoms with van der Waals surface area (Å²) in [6.45, 7) is -1.15. The topological polar surface area (TPSA) is 91.9 Å². The van der Waals surface area contributed by atoms with Crippen molar-refractivity contribution < 1.29 is 49.0 Å². The molecule has 0 saturated heterocycles. The summed E-state index contributed by atoms with van der Waals surface area (Å²) in [7, 11) is 0. The first-order valence-electron chi connectivity index (χ1n) is 10.1. The van der Waals surface area contributed by atoms with E-state index in [0.717, 1.165) is 6.07 Å². The van der Waals surface area contributed by atoms with Gasteiger partial charge in [0.2, 0.25) is 5.95 Å². The van der Waals surface area contributed by atoms with E-state index < -0.39 is 42.0 Å². The van der Waals surface area contributed by atoms with Gasteiger partial charge in [0, 0.05) is 18.5 Å². The lowest BCUT2D eigenvalue weighted by molar-refractivity contribution is -0.394. The molecule has 38 heavy (non-hydrogen) atoms. The van der Waals surface area contributed by atoms with Gasteiger partial charge in [0.05, 0.1) is 45.5 Å². The SMILES string of the molecule is CCOc1cc2[nH]c(Nc3c(Cl)cncc3Cl)nc2cc1C(=O)NCC(F)(F)C(F)(F)C(F)(F)C(F)(F)F. The third-order valence-electron chi connectivity index (χ3n) is 4.91. The molecule has 0 atom stereocenters. The normalized spacial score (nSPS) is 13.1. The van der Waals surface area contributed by atoms with E-state index in [2.05, 4.69) is 20.3 Å². The Morgan fingerprint density at radius 1 is 1.00 bits per heavy atom. The number of benzene rings is 1. The van der Waals surface area contributed by atoms with E-state index in [-0.39, 0.29) is 45.1 Å². The minimum Gasteiger partial charge on any atom is -0.493 e. The molecule has 208 valence electrons. The molecule has 0 aliphatic rings. The fourth-order valence-electron chi connectivity index (χ4n) is 3.00. The lowest BCUT2D eigenvalue weighted by Gasteiger charge is -2.33. The Balaban J connectivity index is 1.89. The minimum absolute atomic E-state index is 0.00287. The number of nitrogens with one attached hydrogen (secondary N) is 3. The first-order chi connectivity index (χ1) is 17.4. The number of anilines is 2. The second kappa shape index (κ2) is 10.2. The summed E-state index contributed by atoms with van der Waals surface area (Å²) in [6, 6.07) is 2.17. The average Bonchev–Trinajstić information content (AvgIpc) is 3.20. The van der Waals surface area contributed by atoms with Gasteiger partial charge in [-0.05, 0) is 13.0 Å². The summed E-state index contributed by atoms with van der Waals surface area (Å²) in [4.78, 5) is 23.2. The third-order valence-corrected chi connectivity index (χ3v) is 5.48. The molecule has 0 radical (unpaired) electrons. The predicted molar refractivity (Wildman–Crippen MR) is 118 cm³/mol. The second-order valence-corrected chi connectivity index (χ2v) is 8.34. The van der Waals surface area contributed by atoms with Crippen molar-refractivity contribution in [2.75, 3.05) is 18.5 Å². The highest BCUT2D eigenvalue weighted by molar-refractivity contribution is 6.39. The molecule has 0 bridgehead atoms. The van der Waals surface area contributed by atoms with Crippen LogP contribution in [0.1, 0.15) is 17.3 Å². The summed E-state index contributed by atoms with van der Waals surface area (Å²) in [5, 5.41) is 4.24. The molecule has 3 aromatic rings. The van der Waals surface area contributed by atoms with Crippen LogP contribution in [0.2, 0.25) is 10.0 Å². The van der Waals surface area contributed by atoms with E-state index in [1.54, 1.807) is 0 Å². The summed E-state index contributed by atoms with van der Waals surface area (Å²) < 4.78 is 123. The molecule has 7 nitrogen and oxygen atoms in total. The zero-order valence-corrected chi connectivity index (χ0v) is 20.1. The van der Waals surface area contributed by atoms with Gasteiger partial charge in [0.1, 0.15) is 5.75 Å². The van der Waals surface area contributed by atoms with Crippen LogP contribution in [0.4, 0.5) is 51.1 Å². The number of H-pyrrole nitrogens is 1. The number of fused-ring (bicyclic) bond motifs is 1. The molecular formula is C20H14Cl2F9N5O2. The van der Waals surface area contributed by atoms with Crippen molar-refractivity contribution in [3.05, 3.63) is 40.1 Å². The average molecular weight is 598 g/mol. The van der Waals surface area contributed by atoms with Crippen LogP contribution in [0.3, 0.4) is 0 Å². The number of aromatic amines is 1. The smallest absolute Gasteiger partial charge is 0.460 e. The Kier molecular flexibility index (Phi) is 7.90. The van der Waals surface area contributed by atoms with Crippen molar-refractivity contribution in [2.24, 2.45) is 0 Å². The number of hydrogen-bond donors (Lipinski definition) is 3. The lowest BCUT2D eigenvalue weighted by Crippen LogP contribution is -2.63. The van der Waals surface area contributed by atoms with Crippen LogP contribution < -0.4 is 15.4 Å². The van der Waals surface area contributed by atoms with E-state index in [9.17, 15) is 44.3 Å². The summed E-state index contributed by atoms with van der Waals surface area (Å²) >= 11 is 12.0. The number of aromatic nitrogens is 3. The van der Waals surface area contributed by atoms with E-state index in [0.29, 0.717) is 0 Å². The van der Waals surface area contributed by atoms with Gasteiger partial charge in [-0.15, -0.1) is 0 Å². The summed E-state index contributed by atoms with van der Waals surface area (Å²) in [5.41, 5.74) is -0.137. The van der Waals surface area contributed by atoms with Crippen molar-refractivity contribution in [1.29, 1.82) is 0 Å². The Morgan fingerprint density at radius 3 is 2.16 bits per heavy atom. The predicted octanol–water partition coefficient (Wildman–Crippen LogP) is 6.61. The molecular weight excluding hydrogens is 584 g/mol. The number of alkyl halides is 9. The number of amides is 1. The maximum absolute atomic E-state index is 13.9. The standard InChI is InChI=1S/C20H14Cl2F9N5O2/c1-2-38-13-4-12-11(34-16(35-12)36-14-9(21)5-32-6-10(14)22)3-8(13)15(37)33-7-17(23,24)18(25,26)19(27,28)20(29,30)31/h3-6H,2,7H2,1H3,(H,33,37)(H2,32,34,35,36). The minimum atomic E-state index is -7.08. The van der Waals surface area contributed by atoms with Gasteiger partial charge in [-0.2, -0.15) is 39.5 Å². The molecule has 3 N–H and O–H groups in total. The number of rotatable bonds is 9. The van der Waals surface area contributed by atoms with Crippen molar-refractivity contribution in [3.8, 4) is 5.75 Å². The monoisotopic (exact) mass is 597 g/mol. The van der Waals surface area contributed by atoms with Crippen LogP contribution in [0.5, 0.6) is 5.75 Å². The maximum Gasteiger partial charge on any atom is 0.460 e. The second-order valence-electron chi connectivity index (χ2n) is 7.52. The Bertz CT molecular complexity index is 1330. The van der Waals surface area contributed by atoms with Gasteiger partial charge in [0.25, 0.3) is 5.91 Å². The van der Waals surface area contributed by atoms with Crippen LogP contribution >= 0.6 is 23.2 Å². The van der Waals surface area contributed by atoms with E-state index in [1.165, 1.54) is 30.7 Å². The van der Waals surface area contributed by atoms with Crippen LogP contribution in [0, 0.1) is 0 Å². The van der Waals surface area contributed by atoms with Crippen LogP contribution in [0.15, 0.2) is 24.5 Å². The fourth-order valence-corrected chi connectivity index (χ4v) is 3.46. The number of carbonyl (C=O) groups excluding carboxylic acids is 1. The molecule has 0 spiro atoms. The third kappa shape index (κ3) is 5.36. The molecule has 1 amide bonds. The first-order valence-corrected chi connectivity index (χ1v) is 10.9. The molecule has 0 aliphatic heterocycles. The Morgan fingerprint density at radius 2 is 1.61 bits per heavy atom. The molecule has 0 fully saturated rings. The van der Waals surface area contributed by atoms with Crippen LogP contribution in [-0.2, 0) is 0 Å². The van der Waals surface area contributed by atoms with Gasteiger partial charge in [-0.1, -0.05) is 23.2 Å². The van der Waals surface area contributed by atoms with E-state index in [4.69, 9.17) is 27.9 Å². The fraction of sp³-hybridized carbons (Fsp3) is 0.350. The number of hydrogen-bond acceptors (Lipinski definition) is 5. The first kappa shape index (κ1) is 29.4. The molecule has 0 aliphatic carbocycles. The molecule has 0 saturated carbocycles. The quantitative estimate of drug-likeness (QED) is 0.242. The van der Waals surface area contributed by atoms with Crippen molar-refractivity contribution in [3.63, 3.8) is 0 Å². The van der Waals surface area contributed by atoms with Crippen LogP contribution in [0.25, 0.3) is 11.0 Å². The van der Waals surface area contributed by atoms with Gasteiger partial charge in [0.15, 0.2) is 0 Å². The molecule has 2 aromatic heterocycles. The lowest BCUT2D eigenvalue weighted by atomic mass is 10.0. The molecule has 0 unspecified atom stereocenters. The van der Waals surface area contributed by atoms with E-state index >= 15 is 0 Å². The van der Waals surface area contributed by atoms with Crippen molar-refractivity contribution >= 4 is 51.8 Å². The zero-order valence-electron chi connectivity index (χ0n) is 18.6. The number of nitrogens with zero attached hydrogens (tertiary/aromatic N) is 2. The number of pyridine rings is 1. The molecule has 2 heterocycles. The zero-order chi connectivity index (χ0) is 28.7. The molecule has 3 rings (SSSR count). The van der Waals surface area contributed by atoms with Gasteiger partial charge in [-0.3, -0.25) is 9.78 Å². The Hall–Kier alpha value is -3.14. The Labute approximate surface area is 216 Å². The van der Waals surface area contributed by atoms with E-state index in [1.807, 2.05) is 0 Å². The van der Waals surface area contributed by atoms with Crippen molar-refractivity contribution in [1.82, 2.24) is 20.3 Å². The van der Waals surface area contributed by atoms with Crippen LogP contribution in [-0.4, -0.2) is 58.0 Å². The number of halogens is 11. The number of carbonyl (C=O) groups is 1. The largest absolute Gasteiger partial charge is 0.493 e. The summed E-state index contributed by atoms with van der Waals surface area (Å²) in [6.07, 6.45) is -4.43. The highest BCUT2D eigenvalue weighted by Gasteiger charge is 2.81. The summed E-state index contributed by atoms with van der Waals surface area (Å²) in [5.74, 6) is -21.7. The highest BCUT2D eigenvalue weighted by Crippen LogP contribution is 2.52. The molecule has 1 aromatic carbocycles. The maximum atomic E-state index is 13.9. The highest BCUT2D eigenvalue weighted by atomic mass is 35.5.